The van der Waals surface area contributed by atoms with E-state index in [0.717, 1.165) is 0 Å². The zero-order valence-electron chi connectivity index (χ0n) is 3.14. The van der Waals surface area contributed by atoms with Gasteiger partial charge in [0.2, 0.25) is 0 Å². The summed E-state index contributed by atoms with van der Waals surface area (Å²) in [6.45, 7) is 0. The predicted octanol–water partition coefficient (Wildman–Crippen LogP) is -0.267. The first-order valence-corrected chi connectivity index (χ1v) is 0.716. The fourth-order valence-corrected chi connectivity index (χ4v) is 0. The van der Waals surface area contributed by atoms with Gasteiger partial charge in [-0.15, -0.1) is 0 Å². The van der Waals surface area contributed by atoms with Crippen molar-refractivity contribution in [2.45, 2.75) is 0 Å². The van der Waals surface area contributed by atoms with E-state index in [4.69, 9.17) is 9.90 Å². The van der Waals surface area contributed by atoms with Gasteiger partial charge in [0.15, 0.2) is 0 Å². The summed E-state index contributed by atoms with van der Waals surface area (Å²) < 4.78 is 0. The number of carbonyl (C=O) groups is 1. The fraction of sp³-hybridized carbons (Fsp3) is 0. The van der Waals surface area contributed by atoms with Crippen LogP contribution in [0.5, 0.6) is 0 Å². The van der Waals surface area contributed by atoms with Gasteiger partial charge in [0.25, 0.3) is 0 Å². The molecule has 0 aliphatic heterocycles. The first-order chi connectivity index (χ1) is 1.73. The SMILES string of the molecule is NC(=O)O.S.[Zn]. The molecule has 0 heterocycles. The smallest absolute Gasteiger partial charge is 0.402 e. The van der Waals surface area contributed by atoms with Crippen LogP contribution in [0.15, 0.2) is 0 Å². The number of nitrogens with two attached hydrogens (primary N) is 1. The van der Waals surface area contributed by atoms with E-state index in [0.29, 0.717) is 0 Å². The molecule has 3 nitrogen and oxygen atoms in total. The Kier molecular flexibility index (Phi) is 24.4. The molecule has 5 heteroatoms. The third kappa shape index (κ3) is 754. The number of carboxylic acid groups (broad SMARTS) is 1. The van der Waals surface area contributed by atoms with Crippen molar-refractivity contribution in [2.75, 3.05) is 0 Å². The number of primary amides is 1. The normalized spacial score (nSPS) is 4.00. The van der Waals surface area contributed by atoms with E-state index >= 15 is 0 Å². The van der Waals surface area contributed by atoms with Gasteiger partial charge in [-0.3, -0.25) is 0 Å². The van der Waals surface area contributed by atoms with Crippen LogP contribution in [-0.4, -0.2) is 11.2 Å². The largest absolute Gasteiger partial charge is 0.465 e. The Balaban J connectivity index is -0.0000000450. The first-order valence-electron chi connectivity index (χ1n) is 0.716. The molecular formula is CH5NO2SZn. The van der Waals surface area contributed by atoms with E-state index < -0.39 is 6.09 Å². The summed E-state index contributed by atoms with van der Waals surface area (Å²) in [6.07, 6.45) is -1.33. The summed E-state index contributed by atoms with van der Waals surface area (Å²) in [7, 11) is 0. The number of hydrogen-bond acceptors (Lipinski definition) is 1. The molecule has 3 N–H and O–H groups in total. The van der Waals surface area contributed by atoms with Gasteiger partial charge < -0.3 is 10.8 Å². The minimum absolute atomic E-state index is 0. The molecule has 0 aromatic rings. The number of rotatable bonds is 0. The maximum absolute atomic E-state index is 8.78. The second kappa shape index (κ2) is 8.98. The van der Waals surface area contributed by atoms with Crippen molar-refractivity contribution in [3.63, 3.8) is 0 Å². The van der Waals surface area contributed by atoms with E-state index in [1.54, 1.807) is 0 Å². The van der Waals surface area contributed by atoms with Gasteiger partial charge in [-0.05, 0) is 0 Å². The number of hydrogen-bond donors (Lipinski definition) is 2. The molecule has 0 aromatic carbocycles. The second-order valence-corrected chi connectivity index (χ2v) is 0.338. The van der Waals surface area contributed by atoms with Crippen LogP contribution in [0.2, 0.25) is 0 Å². The summed E-state index contributed by atoms with van der Waals surface area (Å²) in [5.41, 5.74) is 4.03. The van der Waals surface area contributed by atoms with Crippen LogP contribution in [0.25, 0.3) is 0 Å². The van der Waals surface area contributed by atoms with Crippen molar-refractivity contribution >= 4 is 19.6 Å². The Morgan fingerprint density at radius 1 is 1.67 bits per heavy atom. The standard InChI is InChI=1S/CH3NO2.H2S.Zn/c2-1(3)4;;/h2H2,(H,3,4);1H2;. The Bertz CT molecular complexity index is 36.5. The quantitative estimate of drug-likeness (QED) is 0.480. The molecule has 0 spiro atoms. The van der Waals surface area contributed by atoms with E-state index in [1.807, 2.05) is 0 Å². The summed E-state index contributed by atoms with van der Waals surface area (Å²) in [4.78, 5) is 8.78. The van der Waals surface area contributed by atoms with Gasteiger partial charge in [0.05, 0.1) is 0 Å². The average molecular weight is 161 g/mol. The molecule has 0 aliphatic carbocycles. The van der Waals surface area contributed by atoms with Gasteiger partial charge in [-0.1, -0.05) is 0 Å². The van der Waals surface area contributed by atoms with Crippen LogP contribution in [0, 0.1) is 0 Å². The maximum Gasteiger partial charge on any atom is 0.402 e. The van der Waals surface area contributed by atoms with Gasteiger partial charge in [0.1, 0.15) is 0 Å². The molecule has 0 bridgehead atoms. The molecule has 0 aliphatic rings. The van der Waals surface area contributed by atoms with Crippen LogP contribution in [0.4, 0.5) is 4.79 Å². The molecule has 0 saturated heterocycles. The van der Waals surface area contributed by atoms with Crippen LogP contribution >= 0.6 is 13.5 Å². The van der Waals surface area contributed by atoms with Gasteiger partial charge in [0, 0.05) is 19.5 Å². The molecule has 0 saturated carbocycles. The van der Waals surface area contributed by atoms with E-state index in [2.05, 4.69) is 5.73 Å². The third-order valence-electron chi connectivity index (χ3n) is 0. The van der Waals surface area contributed by atoms with Gasteiger partial charge in [-0.2, -0.15) is 13.5 Å². The average Bonchev–Trinajstić information content (AvgIpc) is 0.811. The van der Waals surface area contributed by atoms with E-state index in [1.165, 1.54) is 0 Å². The topological polar surface area (TPSA) is 63.3 Å². The molecule has 0 atom stereocenters. The summed E-state index contributed by atoms with van der Waals surface area (Å²) in [5, 5.41) is 7.19. The maximum atomic E-state index is 8.78. The molecule has 34 valence electrons. The second-order valence-electron chi connectivity index (χ2n) is 0.338. The van der Waals surface area contributed by atoms with Crippen molar-refractivity contribution in [3.05, 3.63) is 0 Å². The summed E-state index contributed by atoms with van der Waals surface area (Å²) in [6, 6.07) is 0. The van der Waals surface area contributed by atoms with E-state index in [-0.39, 0.29) is 33.0 Å². The molecule has 6 heavy (non-hydrogen) atoms. The summed E-state index contributed by atoms with van der Waals surface area (Å²) in [5.74, 6) is 0. The molecule has 0 radical (unpaired) electrons. The van der Waals surface area contributed by atoms with Crippen molar-refractivity contribution < 1.29 is 29.4 Å². The minimum Gasteiger partial charge on any atom is -0.465 e. The van der Waals surface area contributed by atoms with Crippen molar-refractivity contribution in [1.29, 1.82) is 0 Å². The minimum atomic E-state index is -1.33. The summed E-state index contributed by atoms with van der Waals surface area (Å²) >= 11 is 0. The molecule has 0 rings (SSSR count). The van der Waals surface area contributed by atoms with Crippen molar-refractivity contribution in [1.82, 2.24) is 0 Å². The van der Waals surface area contributed by atoms with Crippen molar-refractivity contribution in [3.8, 4) is 0 Å². The molecular weight excluding hydrogens is 155 g/mol. The predicted molar refractivity (Wildman–Crippen MR) is 22.6 cm³/mol. The third-order valence-corrected chi connectivity index (χ3v) is 0. The first kappa shape index (κ1) is 16.3. The molecule has 0 unspecified atom stereocenters. The van der Waals surface area contributed by atoms with Gasteiger partial charge in [-0.25, -0.2) is 4.79 Å². The Morgan fingerprint density at radius 2 is 1.67 bits per heavy atom. The Hall–Kier alpha value is 0.243. The molecule has 0 fully saturated rings. The zero-order valence-corrected chi connectivity index (χ0v) is 7.11. The van der Waals surface area contributed by atoms with Crippen LogP contribution in [-0.2, 0) is 19.5 Å². The van der Waals surface area contributed by atoms with Crippen LogP contribution in [0.1, 0.15) is 0 Å². The van der Waals surface area contributed by atoms with Gasteiger partial charge >= 0.3 is 6.09 Å². The molecule has 0 aromatic heterocycles. The van der Waals surface area contributed by atoms with Crippen LogP contribution in [0.3, 0.4) is 0 Å². The fourth-order valence-electron chi connectivity index (χ4n) is 0. The Morgan fingerprint density at radius 3 is 1.67 bits per heavy atom. The van der Waals surface area contributed by atoms with Crippen molar-refractivity contribution in [2.24, 2.45) is 5.73 Å². The van der Waals surface area contributed by atoms with Crippen LogP contribution < -0.4 is 5.73 Å². The monoisotopic (exact) mass is 159 g/mol. The zero-order chi connectivity index (χ0) is 3.58. The number of amides is 1. The van der Waals surface area contributed by atoms with E-state index in [9.17, 15) is 0 Å². The molecule has 1 amide bonds. The Labute approximate surface area is 55.1 Å².